The first kappa shape index (κ1) is 15.6. The molecule has 0 spiro atoms. The van der Waals surface area contributed by atoms with Crippen LogP contribution in [0.25, 0.3) is 0 Å². The summed E-state index contributed by atoms with van der Waals surface area (Å²) in [5.74, 6) is 5.33. The van der Waals surface area contributed by atoms with E-state index >= 15 is 0 Å². The fraction of sp³-hybridized carbons (Fsp3) is 0.167. The fourth-order valence-corrected chi connectivity index (χ4v) is 1.81. The fourth-order valence-electron chi connectivity index (χ4n) is 1.81. The number of nitrogens with one attached hydrogen (secondary N) is 1. The van der Waals surface area contributed by atoms with Crippen LogP contribution in [0.3, 0.4) is 0 Å². The lowest BCUT2D eigenvalue weighted by Gasteiger charge is -2.04. The van der Waals surface area contributed by atoms with Gasteiger partial charge in [0.15, 0.2) is 0 Å². The molecule has 0 radical (unpaired) electrons. The highest BCUT2D eigenvalue weighted by Crippen LogP contribution is 2.15. The number of hydrogen-bond donors (Lipinski definition) is 1. The van der Waals surface area contributed by atoms with Crippen molar-refractivity contribution in [2.45, 2.75) is 6.92 Å². The Morgan fingerprint density at radius 3 is 2.64 bits per heavy atom. The van der Waals surface area contributed by atoms with Crippen LogP contribution < -0.4 is 10.1 Å². The number of halogens is 1. The van der Waals surface area contributed by atoms with Crippen molar-refractivity contribution in [3.05, 3.63) is 65.5 Å². The highest BCUT2D eigenvalue weighted by Gasteiger charge is 2.08. The maximum Gasteiger partial charge on any atom is 0.255 e. The summed E-state index contributed by atoms with van der Waals surface area (Å²) < 4.78 is 18.9. The predicted octanol–water partition coefficient (Wildman–Crippen LogP) is 2.95. The molecule has 3 nitrogen and oxygen atoms in total. The third kappa shape index (κ3) is 4.35. The lowest BCUT2D eigenvalue weighted by atomic mass is 10.2. The van der Waals surface area contributed by atoms with E-state index in [0.717, 1.165) is 11.3 Å². The Morgan fingerprint density at radius 2 is 1.86 bits per heavy atom. The predicted molar refractivity (Wildman–Crippen MR) is 83.2 cm³/mol. The normalized spacial score (nSPS) is 9.55. The molecule has 2 aromatic carbocycles. The van der Waals surface area contributed by atoms with Gasteiger partial charge in [0.25, 0.3) is 5.91 Å². The van der Waals surface area contributed by atoms with Gasteiger partial charge in [-0.25, -0.2) is 4.39 Å². The molecule has 0 unspecified atom stereocenters. The van der Waals surface area contributed by atoms with Gasteiger partial charge in [0, 0.05) is 0 Å². The van der Waals surface area contributed by atoms with E-state index in [0.29, 0.717) is 0 Å². The van der Waals surface area contributed by atoms with Gasteiger partial charge in [0.2, 0.25) is 0 Å². The summed E-state index contributed by atoms with van der Waals surface area (Å²) in [4.78, 5) is 11.7. The van der Waals surface area contributed by atoms with Crippen LogP contribution in [-0.4, -0.2) is 19.1 Å². The molecule has 1 N–H and O–H groups in total. The van der Waals surface area contributed by atoms with Crippen LogP contribution in [0.15, 0.2) is 48.5 Å². The molecule has 0 aromatic heterocycles. The quantitative estimate of drug-likeness (QED) is 0.881. The SMILES string of the molecule is Cc1ccccc1OCC#CCNC(=O)c1ccccc1F. The molecule has 0 heterocycles. The minimum atomic E-state index is -0.546. The molecule has 0 atom stereocenters. The average Bonchev–Trinajstić information content (AvgIpc) is 2.52. The number of hydrogen-bond acceptors (Lipinski definition) is 2. The van der Waals surface area contributed by atoms with Crippen LogP contribution in [0.2, 0.25) is 0 Å². The summed E-state index contributed by atoms with van der Waals surface area (Å²) in [5.41, 5.74) is 1.05. The number of amides is 1. The van der Waals surface area contributed by atoms with Gasteiger partial charge >= 0.3 is 0 Å². The lowest BCUT2D eigenvalue weighted by molar-refractivity contribution is 0.0954. The van der Waals surface area contributed by atoms with Gasteiger partial charge in [-0.15, -0.1) is 0 Å². The van der Waals surface area contributed by atoms with Gasteiger partial charge in [-0.1, -0.05) is 42.2 Å². The number of para-hydroxylation sites is 1. The van der Waals surface area contributed by atoms with Gasteiger partial charge in [-0.2, -0.15) is 0 Å². The smallest absolute Gasteiger partial charge is 0.255 e. The number of carbonyl (C=O) groups excluding carboxylic acids is 1. The third-order valence-electron chi connectivity index (χ3n) is 2.97. The van der Waals surface area contributed by atoms with E-state index < -0.39 is 11.7 Å². The molecule has 1 amide bonds. The number of rotatable bonds is 4. The minimum absolute atomic E-state index is 0.0143. The molecule has 0 saturated heterocycles. The summed E-state index contributed by atoms with van der Waals surface area (Å²) in [5, 5.41) is 2.54. The molecule has 0 saturated carbocycles. The molecule has 2 aromatic rings. The standard InChI is InChI=1S/C18H16FNO2/c1-14-8-2-5-11-17(14)22-13-7-6-12-20-18(21)15-9-3-4-10-16(15)19/h2-5,8-11H,12-13H2,1H3,(H,20,21). The van der Waals surface area contributed by atoms with Crippen molar-refractivity contribution in [2.24, 2.45) is 0 Å². The van der Waals surface area contributed by atoms with Crippen LogP contribution in [0.4, 0.5) is 4.39 Å². The van der Waals surface area contributed by atoms with Crippen molar-refractivity contribution in [2.75, 3.05) is 13.2 Å². The second-order valence-corrected chi connectivity index (χ2v) is 4.57. The van der Waals surface area contributed by atoms with E-state index in [1.54, 1.807) is 6.07 Å². The Hall–Kier alpha value is -2.80. The Bertz CT molecular complexity index is 716. The molecule has 0 aliphatic rings. The lowest BCUT2D eigenvalue weighted by Crippen LogP contribution is -2.24. The molecule has 0 bridgehead atoms. The first-order valence-electron chi connectivity index (χ1n) is 6.85. The molecule has 0 aliphatic heterocycles. The number of carbonyl (C=O) groups is 1. The van der Waals surface area contributed by atoms with Crippen molar-refractivity contribution in [1.29, 1.82) is 0 Å². The molecule has 0 aliphatic carbocycles. The Labute approximate surface area is 129 Å². The van der Waals surface area contributed by atoms with E-state index in [4.69, 9.17) is 4.74 Å². The summed E-state index contributed by atoms with van der Waals surface area (Å²) in [6.45, 7) is 2.34. The second kappa shape index (κ2) is 7.84. The van der Waals surface area contributed by atoms with Gasteiger partial charge < -0.3 is 10.1 Å². The minimum Gasteiger partial charge on any atom is -0.481 e. The summed E-state index contributed by atoms with van der Waals surface area (Å²) in [6, 6.07) is 13.5. The third-order valence-corrected chi connectivity index (χ3v) is 2.97. The molecular formula is C18H16FNO2. The summed E-state index contributed by atoms with van der Waals surface area (Å²) in [6.07, 6.45) is 0. The maximum atomic E-state index is 13.4. The number of benzene rings is 2. The van der Waals surface area contributed by atoms with Crippen molar-refractivity contribution in [3.8, 4) is 17.6 Å². The largest absolute Gasteiger partial charge is 0.481 e. The van der Waals surface area contributed by atoms with Crippen molar-refractivity contribution >= 4 is 5.91 Å². The molecule has 2 rings (SSSR count). The van der Waals surface area contributed by atoms with E-state index in [1.807, 2.05) is 31.2 Å². The van der Waals surface area contributed by atoms with Gasteiger partial charge in [-0.05, 0) is 30.7 Å². The molecule has 0 fully saturated rings. The van der Waals surface area contributed by atoms with Crippen LogP contribution in [0, 0.1) is 24.6 Å². The Kier molecular flexibility index (Phi) is 5.56. The number of aryl methyl sites for hydroxylation is 1. The highest BCUT2D eigenvalue weighted by atomic mass is 19.1. The highest BCUT2D eigenvalue weighted by molar-refractivity contribution is 5.94. The Balaban J connectivity index is 1.77. The first-order valence-corrected chi connectivity index (χ1v) is 6.85. The first-order chi connectivity index (χ1) is 10.7. The van der Waals surface area contributed by atoms with E-state index in [1.165, 1.54) is 18.2 Å². The zero-order valence-electron chi connectivity index (χ0n) is 12.2. The number of ether oxygens (including phenoxy) is 1. The maximum absolute atomic E-state index is 13.4. The monoisotopic (exact) mass is 297 g/mol. The molecular weight excluding hydrogens is 281 g/mol. The van der Waals surface area contributed by atoms with E-state index in [2.05, 4.69) is 17.2 Å². The summed E-state index contributed by atoms with van der Waals surface area (Å²) >= 11 is 0. The van der Waals surface area contributed by atoms with Crippen molar-refractivity contribution in [3.63, 3.8) is 0 Å². The molecule has 112 valence electrons. The average molecular weight is 297 g/mol. The van der Waals surface area contributed by atoms with Crippen LogP contribution in [0.5, 0.6) is 5.75 Å². The van der Waals surface area contributed by atoms with E-state index in [9.17, 15) is 9.18 Å². The zero-order chi connectivity index (χ0) is 15.8. The van der Waals surface area contributed by atoms with Crippen LogP contribution in [-0.2, 0) is 0 Å². The summed E-state index contributed by atoms with van der Waals surface area (Å²) in [7, 11) is 0. The van der Waals surface area contributed by atoms with E-state index in [-0.39, 0.29) is 18.7 Å². The van der Waals surface area contributed by atoms with Gasteiger partial charge in [0.05, 0.1) is 12.1 Å². The van der Waals surface area contributed by atoms with Crippen molar-refractivity contribution < 1.29 is 13.9 Å². The van der Waals surface area contributed by atoms with Gasteiger partial charge in [0.1, 0.15) is 18.2 Å². The van der Waals surface area contributed by atoms with Crippen LogP contribution in [0.1, 0.15) is 15.9 Å². The Morgan fingerprint density at radius 1 is 1.14 bits per heavy atom. The second-order valence-electron chi connectivity index (χ2n) is 4.57. The molecule has 22 heavy (non-hydrogen) atoms. The van der Waals surface area contributed by atoms with Crippen LogP contribution >= 0.6 is 0 Å². The topological polar surface area (TPSA) is 38.3 Å². The van der Waals surface area contributed by atoms with Gasteiger partial charge in [-0.3, -0.25) is 4.79 Å². The zero-order valence-corrected chi connectivity index (χ0v) is 12.2. The van der Waals surface area contributed by atoms with Crippen molar-refractivity contribution in [1.82, 2.24) is 5.32 Å². The molecule has 4 heteroatoms.